The Morgan fingerprint density at radius 2 is 1.72 bits per heavy atom. The quantitative estimate of drug-likeness (QED) is 0.640. The number of nitrogens with one attached hydrogen (secondary N) is 1. The average molecular weight is 347 g/mol. The van der Waals surface area contributed by atoms with E-state index in [-0.39, 0.29) is 28.5 Å². The summed E-state index contributed by atoms with van der Waals surface area (Å²) in [6.45, 7) is 1.68. The lowest BCUT2D eigenvalue weighted by atomic mass is 9.97. The van der Waals surface area contributed by atoms with Crippen LogP contribution in [-0.4, -0.2) is 12.2 Å². The number of aryl methyl sites for hydroxylation is 1. The maximum atomic E-state index is 13.1. The van der Waals surface area contributed by atoms with Gasteiger partial charge in [-0.1, -0.05) is 36.4 Å². The van der Waals surface area contributed by atoms with Gasteiger partial charge < -0.3 is 14.8 Å². The van der Waals surface area contributed by atoms with Crippen LogP contribution in [0.2, 0.25) is 0 Å². The van der Waals surface area contributed by atoms with E-state index >= 15 is 0 Å². The van der Waals surface area contributed by atoms with Crippen molar-refractivity contribution in [1.29, 1.82) is 0 Å². The van der Waals surface area contributed by atoms with Crippen molar-refractivity contribution in [2.24, 2.45) is 0 Å². The van der Waals surface area contributed by atoms with Crippen molar-refractivity contribution in [3.8, 4) is 28.2 Å². The van der Waals surface area contributed by atoms with Crippen LogP contribution in [0.5, 0.6) is 5.75 Å². The van der Waals surface area contributed by atoms with Gasteiger partial charge in [0.15, 0.2) is 11.5 Å². The number of aromatic hydroxyl groups is 1. The summed E-state index contributed by atoms with van der Waals surface area (Å²) in [5.74, 6) is 0.216. The molecule has 3 nitrogen and oxygen atoms in total. The molecule has 0 amide bonds. The van der Waals surface area contributed by atoms with Gasteiger partial charge in [0.1, 0.15) is 0 Å². The molecule has 0 unspecified atom stereocenters. The monoisotopic (exact) mass is 347 g/mol. The molecule has 0 spiro atoms. The Labute approximate surface area is 142 Å². The molecule has 1 heterocycles. The second-order valence-electron chi connectivity index (χ2n) is 5.63. The molecule has 0 fully saturated rings. The predicted octanol–water partition coefficient (Wildman–Crippen LogP) is 5.69. The van der Waals surface area contributed by atoms with E-state index in [9.17, 15) is 18.3 Å². The number of hydrogen-bond acceptors (Lipinski definition) is 3. The van der Waals surface area contributed by atoms with Gasteiger partial charge in [-0.15, -0.1) is 0 Å². The van der Waals surface area contributed by atoms with Crippen LogP contribution in [0.15, 0.2) is 52.9 Å². The first-order valence-electron chi connectivity index (χ1n) is 7.60. The van der Waals surface area contributed by atoms with Crippen LogP contribution in [0, 0.1) is 6.92 Å². The minimum atomic E-state index is -4.47. The van der Waals surface area contributed by atoms with Gasteiger partial charge in [0.25, 0.3) is 0 Å². The lowest BCUT2D eigenvalue weighted by molar-refractivity contribution is -0.137. The third-order valence-corrected chi connectivity index (χ3v) is 3.98. The molecule has 2 aromatic carbocycles. The van der Waals surface area contributed by atoms with Gasteiger partial charge in [-0.25, -0.2) is 0 Å². The largest absolute Gasteiger partial charge is 0.504 e. The average Bonchev–Trinajstić information content (AvgIpc) is 2.91. The lowest BCUT2D eigenvalue weighted by Gasteiger charge is -2.12. The molecule has 0 aliphatic carbocycles. The fourth-order valence-corrected chi connectivity index (χ4v) is 2.70. The van der Waals surface area contributed by atoms with Crippen LogP contribution in [0.1, 0.15) is 11.1 Å². The van der Waals surface area contributed by atoms with Crippen LogP contribution in [0.3, 0.4) is 0 Å². The molecule has 0 bridgehead atoms. The normalized spacial score (nSPS) is 11.6. The molecule has 6 heteroatoms. The molecular weight excluding hydrogens is 331 g/mol. The summed E-state index contributed by atoms with van der Waals surface area (Å²) < 4.78 is 44.9. The highest BCUT2D eigenvalue weighted by Crippen LogP contribution is 2.47. The molecule has 0 aliphatic rings. The van der Waals surface area contributed by atoms with Crippen LogP contribution >= 0.6 is 0 Å². The molecule has 3 aromatic rings. The Bertz CT molecular complexity index is 899. The standard InChI is InChI=1S/C19H16F3NO2/c1-11-8-9-13(19(20,21)22)10-14(11)15-16(24)17(25-18(15)23-2)12-6-4-3-5-7-12/h3-10,23-24H,1-2H3. The van der Waals surface area contributed by atoms with Crippen LogP contribution in [0.4, 0.5) is 19.1 Å². The third-order valence-electron chi connectivity index (χ3n) is 3.98. The van der Waals surface area contributed by atoms with Crippen LogP contribution in [0.25, 0.3) is 22.5 Å². The second kappa shape index (κ2) is 6.20. The zero-order valence-corrected chi connectivity index (χ0v) is 13.6. The summed E-state index contributed by atoms with van der Waals surface area (Å²) in [5, 5.41) is 13.5. The maximum Gasteiger partial charge on any atom is 0.416 e. The molecular formula is C19H16F3NO2. The van der Waals surface area contributed by atoms with Crippen LogP contribution < -0.4 is 5.32 Å². The van der Waals surface area contributed by atoms with Gasteiger partial charge >= 0.3 is 6.18 Å². The fourth-order valence-electron chi connectivity index (χ4n) is 2.70. The summed E-state index contributed by atoms with van der Waals surface area (Å²) >= 11 is 0. The molecule has 0 saturated carbocycles. The van der Waals surface area contributed by atoms with Crippen molar-refractivity contribution >= 4 is 5.88 Å². The van der Waals surface area contributed by atoms with Gasteiger partial charge in [0.05, 0.1) is 11.1 Å². The minimum Gasteiger partial charge on any atom is -0.504 e. The van der Waals surface area contributed by atoms with E-state index in [1.807, 2.05) is 6.07 Å². The zero-order valence-electron chi connectivity index (χ0n) is 13.6. The first-order valence-corrected chi connectivity index (χ1v) is 7.60. The van der Waals surface area contributed by atoms with E-state index in [1.54, 1.807) is 38.2 Å². The highest BCUT2D eigenvalue weighted by atomic mass is 19.4. The molecule has 1 aromatic heterocycles. The highest BCUT2D eigenvalue weighted by Gasteiger charge is 2.32. The third kappa shape index (κ3) is 3.07. The Kier molecular flexibility index (Phi) is 4.20. The van der Waals surface area contributed by atoms with Gasteiger partial charge in [0, 0.05) is 12.6 Å². The van der Waals surface area contributed by atoms with Crippen molar-refractivity contribution in [2.45, 2.75) is 13.1 Å². The van der Waals surface area contributed by atoms with Crippen molar-refractivity contribution in [3.05, 3.63) is 59.7 Å². The van der Waals surface area contributed by atoms with Gasteiger partial charge in [-0.2, -0.15) is 13.2 Å². The predicted molar refractivity (Wildman–Crippen MR) is 90.5 cm³/mol. The molecule has 0 atom stereocenters. The van der Waals surface area contributed by atoms with Gasteiger partial charge in [0.2, 0.25) is 5.88 Å². The minimum absolute atomic E-state index is 0.196. The lowest BCUT2D eigenvalue weighted by Crippen LogP contribution is -2.05. The van der Waals surface area contributed by atoms with E-state index < -0.39 is 11.7 Å². The molecule has 2 N–H and O–H groups in total. The van der Waals surface area contributed by atoms with E-state index in [4.69, 9.17) is 4.42 Å². The van der Waals surface area contributed by atoms with Crippen molar-refractivity contribution in [1.82, 2.24) is 0 Å². The molecule has 25 heavy (non-hydrogen) atoms. The number of halogens is 3. The highest BCUT2D eigenvalue weighted by molar-refractivity contribution is 5.88. The second-order valence-corrected chi connectivity index (χ2v) is 5.63. The van der Waals surface area contributed by atoms with Gasteiger partial charge in [-0.3, -0.25) is 0 Å². The number of benzene rings is 2. The molecule has 0 aliphatic heterocycles. The first kappa shape index (κ1) is 17.0. The number of rotatable bonds is 3. The molecule has 3 rings (SSSR count). The topological polar surface area (TPSA) is 45.4 Å². The number of anilines is 1. The smallest absolute Gasteiger partial charge is 0.416 e. The van der Waals surface area contributed by atoms with Crippen molar-refractivity contribution < 1.29 is 22.7 Å². The van der Waals surface area contributed by atoms with E-state index in [2.05, 4.69) is 5.32 Å². The van der Waals surface area contributed by atoms with Crippen LogP contribution in [-0.2, 0) is 6.18 Å². The number of furan rings is 1. The summed E-state index contributed by atoms with van der Waals surface area (Å²) in [6, 6.07) is 12.3. The summed E-state index contributed by atoms with van der Waals surface area (Å²) in [7, 11) is 1.58. The van der Waals surface area contributed by atoms with Crippen molar-refractivity contribution in [2.75, 3.05) is 12.4 Å². The first-order chi connectivity index (χ1) is 11.8. The summed E-state index contributed by atoms with van der Waals surface area (Å²) in [6.07, 6.45) is -4.47. The summed E-state index contributed by atoms with van der Waals surface area (Å²) in [5.41, 5.74) is 0.928. The molecule has 0 radical (unpaired) electrons. The maximum absolute atomic E-state index is 13.1. The Morgan fingerprint density at radius 1 is 1.04 bits per heavy atom. The Hall–Kier alpha value is -2.89. The van der Waals surface area contributed by atoms with E-state index in [0.717, 1.165) is 12.1 Å². The van der Waals surface area contributed by atoms with E-state index in [1.165, 1.54) is 6.07 Å². The van der Waals surface area contributed by atoms with E-state index in [0.29, 0.717) is 11.1 Å². The SMILES string of the molecule is CNc1oc(-c2ccccc2)c(O)c1-c1cc(C(F)(F)F)ccc1C. The Morgan fingerprint density at radius 3 is 2.32 bits per heavy atom. The Balaban J connectivity index is 2.23. The van der Waals surface area contributed by atoms with Gasteiger partial charge in [-0.05, 0) is 30.2 Å². The number of alkyl halides is 3. The summed E-state index contributed by atoms with van der Waals surface area (Å²) in [4.78, 5) is 0. The zero-order chi connectivity index (χ0) is 18.2. The number of hydrogen-bond donors (Lipinski definition) is 2. The van der Waals surface area contributed by atoms with Crippen molar-refractivity contribution in [3.63, 3.8) is 0 Å². The molecule has 0 saturated heterocycles. The molecule has 130 valence electrons. The fraction of sp³-hybridized carbons (Fsp3) is 0.158.